The van der Waals surface area contributed by atoms with Crippen molar-refractivity contribution in [3.8, 4) is 0 Å². The first kappa shape index (κ1) is 12.4. The van der Waals surface area contributed by atoms with E-state index in [2.05, 4.69) is 5.32 Å². The molecule has 1 N–H and O–H groups in total. The molecular weight excluding hydrogens is 235 g/mol. The summed E-state index contributed by atoms with van der Waals surface area (Å²) in [5.74, 6) is -2.93. The molecule has 0 spiro atoms. The van der Waals surface area contributed by atoms with E-state index >= 15 is 0 Å². The molecule has 3 atom stereocenters. The summed E-state index contributed by atoms with van der Waals surface area (Å²) in [5, 5.41) is 2.16. The summed E-state index contributed by atoms with van der Waals surface area (Å²) in [7, 11) is 0. The third kappa shape index (κ3) is 2.61. The van der Waals surface area contributed by atoms with Gasteiger partial charge in [-0.15, -0.1) is 0 Å². The van der Waals surface area contributed by atoms with Crippen molar-refractivity contribution in [2.24, 2.45) is 17.8 Å². The summed E-state index contributed by atoms with van der Waals surface area (Å²) in [6.07, 6.45) is -2.92. The number of hydrogen-bond acceptors (Lipinski definition) is 2. The summed E-state index contributed by atoms with van der Waals surface area (Å²) in [6, 6.07) is 0. The Kier molecular flexibility index (Phi) is 3.14. The van der Waals surface area contributed by atoms with Crippen molar-refractivity contribution >= 4 is 11.8 Å². The first-order valence-corrected chi connectivity index (χ1v) is 5.78. The number of halogens is 3. The van der Waals surface area contributed by atoms with Crippen molar-refractivity contribution in [3.63, 3.8) is 0 Å². The molecule has 6 heteroatoms. The first-order chi connectivity index (χ1) is 7.88. The lowest BCUT2D eigenvalue weighted by Gasteiger charge is -2.32. The fraction of sp³-hybridized carbons (Fsp3) is 0.818. The van der Waals surface area contributed by atoms with Crippen molar-refractivity contribution < 1.29 is 22.8 Å². The third-order valence-electron chi connectivity index (χ3n) is 3.75. The quantitative estimate of drug-likeness (QED) is 0.723. The number of imide groups is 1. The lowest BCUT2D eigenvalue weighted by atomic mass is 9.74. The Morgan fingerprint density at radius 1 is 1.18 bits per heavy atom. The van der Waals surface area contributed by atoms with Crippen molar-refractivity contribution in [2.45, 2.75) is 38.3 Å². The average molecular weight is 249 g/mol. The maximum Gasteiger partial charge on any atom is 0.391 e. The number of rotatable bonds is 1. The molecule has 0 bridgehead atoms. The molecule has 1 aliphatic heterocycles. The van der Waals surface area contributed by atoms with E-state index in [1.165, 1.54) is 0 Å². The monoisotopic (exact) mass is 249 g/mol. The lowest BCUT2D eigenvalue weighted by molar-refractivity contribution is -0.187. The maximum absolute atomic E-state index is 12.6. The molecular formula is C11H14F3NO2. The molecule has 2 aliphatic rings. The van der Waals surface area contributed by atoms with E-state index in [-0.39, 0.29) is 31.1 Å². The molecule has 96 valence electrons. The first-order valence-electron chi connectivity index (χ1n) is 5.78. The van der Waals surface area contributed by atoms with Gasteiger partial charge in [0.15, 0.2) is 0 Å². The van der Waals surface area contributed by atoms with E-state index < -0.39 is 23.9 Å². The Morgan fingerprint density at radius 3 is 2.41 bits per heavy atom. The minimum atomic E-state index is -4.18. The summed E-state index contributed by atoms with van der Waals surface area (Å²) in [6.45, 7) is 0. The van der Waals surface area contributed by atoms with Gasteiger partial charge in [0.05, 0.1) is 5.92 Å². The van der Waals surface area contributed by atoms with Gasteiger partial charge in [0.1, 0.15) is 0 Å². The van der Waals surface area contributed by atoms with Gasteiger partial charge in [-0.05, 0) is 25.2 Å². The molecule has 1 saturated carbocycles. The van der Waals surface area contributed by atoms with Crippen LogP contribution in [-0.2, 0) is 9.59 Å². The Morgan fingerprint density at radius 2 is 1.88 bits per heavy atom. The molecule has 1 saturated heterocycles. The van der Waals surface area contributed by atoms with Gasteiger partial charge in [0.25, 0.3) is 0 Å². The fourth-order valence-electron chi connectivity index (χ4n) is 2.84. The standard InChI is InChI=1S/C11H14F3NO2/c12-11(13,14)7-3-1-2-6(4-7)8-5-9(16)15-10(8)17/h6-8H,1-5H2,(H,15,16,17). The van der Waals surface area contributed by atoms with Crippen LogP contribution in [0.2, 0.25) is 0 Å². The Bertz CT molecular complexity index is 340. The molecule has 1 heterocycles. The molecule has 0 radical (unpaired) electrons. The zero-order valence-corrected chi connectivity index (χ0v) is 9.22. The van der Waals surface area contributed by atoms with E-state index in [9.17, 15) is 22.8 Å². The fourth-order valence-corrected chi connectivity index (χ4v) is 2.84. The normalized spacial score (nSPS) is 34.9. The SMILES string of the molecule is O=C1CC(C2CCCC(C(F)(F)F)C2)C(=O)N1. The highest BCUT2D eigenvalue weighted by atomic mass is 19.4. The molecule has 0 aromatic rings. The zero-order valence-electron chi connectivity index (χ0n) is 9.22. The molecule has 1 aliphatic carbocycles. The van der Waals surface area contributed by atoms with Crippen LogP contribution in [0.25, 0.3) is 0 Å². The van der Waals surface area contributed by atoms with Gasteiger partial charge in [-0.25, -0.2) is 0 Å². The van der Waals surface area contributed by atoms with Crippen LogP contribution in [-0.4, -0.2) is 18.0 Å². The topological polar surface area (TPSA) is 46.2 Å². The van der Waals surface area contributed by atoms with Crippen LogP contribution in [0.3, 0.4) is 0 Å². The summed E-state index contributed by atoms with van der Waals surface area (Å²) in [5.41, 5.74) is 0. The lowest BCUT2D eigenvalue weighted by Crippen LogP contribution is -2.34. The molecule has 2 rings (SSSR count). The van der Waals surface area contributed by atoms with E-state index in [0.717, 1.165) is 0 Å². The minimum Gasteiger partial charge on any atom is -0.296 e. The van der Waals surface area contributed by atoms with Gasteiger partial charge in [0, 0.05) is 12.3 Å². The smallest absolute Gasteiger partial charge is 0.296 e. The van der Waals surface area contributed by atoms with Gasteiger partial charge in [-0.1, -0.05) is 6.42 Å². The Hall–Kier alpha value is -1.07. The summed E-state index contributed by atoms with van der Waals surface area (Å²) in [4.78, 5) is 22.5. The van der Waals surface area contributed by atoms with Crippen LogP contribution in [0.4, 0.5) is 13.2 Å². The highest BCUT2D eigenvalue weighted by Crippen LogP contribution is 2.43. The molecule has 0 aromatic carbocycles. The largest absolute Gasteiger partial charge is 0.391 e. The maximum atomic E-state index is 12.6. The molecule has 2 amide bonds. The molecule has 2 fully saturated rings. The van der Waals surface area contributed by atoms with Gasteiger partial charge in [-0.2, -0.15) is 13.2 Å². The summed E-state index contributed by atoms with van der Waals surface area (Å²) < 4.78 is 37.8. The predicted octanol–water partition coefficient (Wildman–Crippen LogP) is 2.02. The van der Waals surface area contributed by atoms with Crippen molar-refractivity contribution in [3.05, 3.63) is 0 Å². The van der Waals surface area contributed by atoms with Gasteiger partial charge in [0.2, 0.25) is 11.8 Å². The number of carbonyl (C=O) groups is 2. The average Bonchev–Trinajstić information content (AvgIpc) is 2.57. The Balaban J connectivity index is 2.03. The number of alkyl halides is 3. The number of nitrogens with one attached hydrogen (secondary N) is 1. The number of hydrogen-bond donors (Lipinski definition) is 1. The molecule has 3 nitrogen and oxygen atoms in total. The Labute approximate surface area is 96.7 Å². The van der Waals surface area contributed by atoms with Crippen molar-refractivity contribution in [1.29, 1.82) is 0 Å². The van der Waals surface area contributed by atoms with Crippen LogP contribution in [0.15, 0.2) is 0 Å². The van der Waals surface area contributed by atoms with Crippen LogP contribution in [0.1, 0.15) is 32.1 Å². The molecule has 17 heavy (non-hydrogen) atoms. The van der Waals surface area contributed by atoms with Crippen LogP contribution < -0.4 is 5.32 Å². The second-order valence-electron chi connectivity index (χ2n) is 4.89. The van der Waals surface area contributed by atoms with E-state index in [1.807, 2.05) is 0 Å². The van der Waals surface area contributed by atoms with Crippen LogP contribution in [0, 0.1) is 17.8 Å². The van der Waals surface area contributed by atoms with E-state index in [4.69, 9.17) is 0 Å². The highest BCUT2D eigenvalue weighted by Gasteiger charge is 2.46. The number of amides is 2. The van der Waals surface area contributed by atoms with Crippen molar-refractivity contribution in [2.75, 3.05) is 0 Å². The minimum absolute atomic E-state index is 0.0190. The second kappa shape index (κ2) is 4.31. The zero-order chi connectivity index (χ0) is 12.6. The summed E-state index contributed by atoms with van der Waals surface area (Å²) >= 11 is 0. The molecule has 3 unspecified atom stereocenters. The van der Waals surface area contributed by atoms with Gasteiger partial charge in [-0.3, -0.25) is 14.9 Å². The predicted molar refractivity (Wildman–Crippen MR) is 52.8 cm³/mol. The van der Waals surface area contributed by atoms with Gasteiger partial charge < -0.3 is 0 Å². The third-order valence-corrected chi connectivity index (χ3v) is 3.75. The van der Waals surface area contributed by atoms with Crippen LogP contribution >= 0.6 is 0 Å². The van der Waals surface area contributed by atoms with Crippen molar-refractivity contribution in [1.82, 2.24) is 5.32 Å². The molecule has 0 aromatic heterocycles. The van der Waals surface area contributed by atoms with E-state index in [0.29, 0.717) is 12.8 Å². The number of carbonyl (C=O) groups excluding carboxylic acids is 2. The highest BCUT2D eigenvalue weighted by molar-refractivity contribution is 6.03. The second-order valence-corrected chi connectivity index (χ2v) is 4.89. The van der Waals surface area contributed by atoms with E-state index in [1.54, 1.807) is 0 Å². The van der Waals surface area contributed by atoms with Crippen LogP contribution in [0.5, 0.6) is 0 Å². The van der Waals surface area contributed by atoms with Gasteiger partial charge >= 0.3 is 6.18 Å².